The first-order valence-corrected chi connectivity index (χ1v) is 7.30. The molecule has 0 aromatic heterocycles. The molecule has 0 bridgehead atoms. The van der Waals surface area contributed by atoms with Crippen molar-refractivity contribution in [2.75, 3.05) is 26.7 Å². The van der Waals surface area contributed by atoms with Crippen molar-refractivity contribution in [2.24, 2.45) is 0 Å². The van der Waals surface area contributed by atoms with E-state index in [2.05, 4.69) is 23.2 Å². The molecule has 1 aromatic rings. The fourth-order valence-corrected chi connectivity index (χ4v) is 2.45. The van der Waals surface area contributed by atoms with Gasteiger partial charge in [-0.15, -0.1) is 0 Å². The zero-order valence-corrected chi connectivity index (χ0v) is 12.4. The van der Waals surface area contributed by atoms with Crippen LogP contribution in [0.5, 0.6) is 5.75 Å². The second kappa shape index (κ2) is 7.28. The van der Waals surface area contributed by atoms with Crippen molar-refractivity contribution in [2.45, 2.75) is 32.4 Å². The van der Waals surface area contributed by atoms with E-state index >= 15 is 0 Å². The molecule has 0 aliphatic heterocycles. The van der Waals surface area contributed by atoms with Gasteiger partial charge in [0.25, 0.3) is 0 Å². The average Bonchev–Trinajstić information content (AvgIpc) is 3.31. The molecule has 20 heavy (non-hydrogen) atoms. The number of nitriles is 1. The summed E-state index contributed by atoms with van der Waals surface area (Å²) in [4.78, 5) is 2.53. The lowest BCUT2D eigenvalue weighted by Crippen LogP contribution is -2.33. The number of ether oxygens (including phenoxy) is 1. The van der Waals surface area contributed by atoms with Gasteiger partial charge in [-0.05, 0) is 37.1 Å². The second-order valence-corrected chi connectivity index (χ2v) is 5.18. The molecule has 0 radical (unpaired) electrons. The Morgan fingerprint density at radius 3 is 2.85 bits per heavy atom. The summed E-state index contributed by atoms with van der Waals surface area (Å²) in [6.45, 7) is 6.23. The monoisotopic (exact) mass is 273 g/mol. The first-order chi connectivity index (χ1) is 9.78. The van der Waals surface area contributed by atoms with E-state index in [0.29, 0.717) is 11.3 Å². The van der Waals surface area contributed by atoms with E-state index in [1.54, 1.807) is 7.11 Å². The molecule has 4 heteroatoms. The summed E-state index contributed by atoms with van der Waals surface area (Å²) < 4.78 is 5.15. The summed E-state index contributed by atoms with van der Waals surface area (Å²) in [5, 5.41) is 12.5. The summed E-state index contributed by atoms with van der Waals surface area (Å²) >= 11 is 0. The number of nitrogens with zero attached hydrogens (tertiary/aromatic N) is 2. The molecule has 1 fully saturated rings. The zero-order chi connectivity index (χ0) is 14.4. The van der Waals surface area contributed by atoms with Crippen molar-refractivity contribution in [3.05, 3.63) is 29.3 Å². The van der Waals surface area contributed by atoms with Crippen LogP contribution in [0, 0.1) is 11.3 Å². The number of nitrogens with one attached hydrogen (secondary N) is 1. The highest BCUT2D eigenvalue weighted by atomic mass is 16.5. The maximum Gasteiger partial charge on any atom is 0.136 e. The van der Waals surface area contributed by atoms with Crippen LogP contribution in [0.1, 0.15) is 30.9 Å². The van der Waals surface area contributed by atoms with Crippen LogP contribution >= 0.6 is 0 Å². The van der Waals surface area contributed by atoms with E-state index in [-0.39, 0.29) is 0 Å². The van der Waals surface area contributed by atoms with Crippen LogP contribution in [-0.2, 0) is 6.54 Å². The van der Waals surface area contributed by atoms with Gasteiger partial charge in [0.05, 0.1) is 12.7 Å². The highest BCUT2D eigenvalue weighted by molar-refractivity contribution is 5.45. The van der Waals surface area contributed by atoms with E-state index in [9.17, 15) is 0 Å². The van der Waals surface area contributed by atoms with Gasteiger partial charge in [0.2, 0.25) is 0 Å². The van der Waals surface area contributed by atoms with Gasteiger partial charge >= 0.3 is 0 Å². The summed E-state index contributed by atoms with van der Waals surface area (Å²) in [5.41, 5.74) is 1.72. The fraction of sp³-hybridized carbons (Fsp3) is 0.562. The highest BCUT2D eigenvalue weighted by Crippen LogP contribution is 2.25. The first-order valence-electron chi connectivity index (χ1n) is 7.30. The number of methoxy groups -OCH3 is 1. The molecular weight excluding hydrogens is 250 g/mol. The van der Waals surface area contributed by atoms with Crippen LogP contribution < -0.4 is 10.1 Å². The predicted octanol–water partition coefficient (Wildman–Crippen LogP) is 2.14. The van der Waals surface area contributed by atoms with E-state index < -0.39 is 0 Å². The second-order valence-electron chi connectivity index (χ2n) is 5.18. The Bertz CT molecular complexity index is 477. The normalized spacial score (nSPS) is 14.3. The molecule has 1 N–H and O–H groups in total. The molecule has 1 aliphatic rings. The van der Waals surface area contributed by atoms with Crippen LogP contribution in [0.15, 0.2) is 18.2 Å². The molecule has 1 aromatic carbocycles. The largest absolute Gasteiger partial charge is 0.495 e. The van der Waals surface area contributed by atoms with Crippen LogP contribution in [0.2, 0.25) is 0 Å². The lowest BCUT2D eigenvalue weighted by atomic mass is 10.1. The predicted molar refractivity (Wildman–Crippen MR) is 79.7 cm³/mol. The minimum absolute atomic E-state index is 0.597. The third-order valence-electron chi connectivity index (χ3n) is 3.76. The van der Waals surface area contributed by atoms with Crippen molar-refractivity contribution >= 4 is 0 Å². The third kappa shape index (κ3) is 3.96. The number of hydrogen-bond donors (Lipinski definition) is 1. The van der Waals surface area contributed by atoms with Gasteiger partial charge in [0.15, 0.2) is 0 Å². The minimum atomic E-state index is 0.597. The Kier molecular flexibility index (Phi) is 5.40. The Morgan fingerprint density at radius 2 is 2.25 bits per heavy atom. The highest BCUT2D eigenvalue weighted by Gasteiger charge is 2.26. The SMILES string of the molecule is CCN(CCNCc1ccc(OC)c(C#N)c1)C1CC1. The van der Waals surface area contributed by atoms with Gasteiger partial charge < -0.3 is 10.1 Å². The van der Waals surface area contributed by atoms with Crippen LogP contribution in [-0.4, -0.2) is 37.7 Å². The van der Waals surface area contributed by atoms with Gasteiger partial charge in [0.1, 0.15) is 11.8 Å². The molecule has 0 unspecified atom stereocenters. The van der Waals surface area contributed by atoms with Crippen LogP contribution in [0.4, 0.5) is 0 Å². The van der Waals surface area contributed by atoms with Crippen LogP contribution in [0.25, 0.3) is 0 Å². The zero-order valence-electron chi connectivity index (χ0n) is 12.4. The van der Waals surface area contributed by atoms with Crippen molar-refractivity contribution in [3.63, 3.8) is 0 Å². The number of hydrogen-bond acceptors (Lipinski definition) is 4. The molecule has 2 rings (SSSR count). The first kappa shape index (κ1) is 14.8. The summed E-state index contributed by atoms with van der Waals surface area (Å²) in [7, 11) is 1.59. The number of benzene rings is 1. The van der Waals surface area contributed by atoms with Gasteiger partial charge in [-0.2, -0.15) is 5.26 Å². The Labute approximate surface area is 121 Å². The third-order valence-corrected chi connectivity index (χ3v) is 3.76. The molecule has 1 saturated carbocycles. The summed E-state index contributed by atoms with van der Waals surface area (Å²) in [6.07, 6.45) is 2.72. The van der Waals surface area contributed by atoms with Crippen molar-refractivity contribution in [1.29, 1.82) is 5.26 Å². The maximum absolute atomic E-state index is 9.06. The van der Waals surface area contributed by atoms with E-state index in [1.165, 1.54) is 12.8 Å². The van der Waals surface area contributed by atoms with E-state index in [4.69, 9.17) is 10.00 Å². The molecule has 108 valence electrons. The summed E-state index contributed by atoms with van der Waals surface area (Å²) in [6, 6.07) is 8.75. The standard InChI is InChI=1S/C16H23N3O/c1-3-19(15-5-6-15)9-8-18-12-13-4-7-16(20-2)14(10-13)11-17/h4,7,10,15,18H,3,5-6,8-9,12H2,1-2H3. The molecule has 0 atom stereocenters. The average molecular weight is 273 g/mol. The Morgan fingerprint density at radius 1 is 1.45 bits per heavy atom. The molecule has 0 heterocycles. The lowest BCUT2D eigenvalue weighted by molar-refractivity contribution is 0.277. The smallest absolute Gasteiger partial charge is 0.136 e. The topological polar surface area (TPSA) is 48.3 Å². The molecule has 0 amide bonds. The fourth-order valence-electron chi connectivity index (χ4n) is 2.45. The van der Waals surface area contributed by atoms with E-state index in [1.807, 2.05) is 18.2 Å². The minimum Gasteiger partial charge on any atom is -0.495 e. The van der Waals surface area contributed by atoms with Gasteiger partial charge in [-0.3, -0.25) is 4.90 Å². The molecular formula is C16H23N3O. The summed E-state index contributed by atoms with van der Waals surface area (Å²) in [5.74, 6) is 0.641. The molecule has 0 saturated heterocycles. The van der Waals surface area contributed by atoms with Crippen LogP contribution in [0.3, 0.4) is 0 Å². The van der Waals surface area contributed by atoms with Crippen molar-refractivity contribution in [1.82, 2.24) is 10.2 Å². The van der Waals surface area contributed by atoms with Crippen molar-refractivity contribution < 1.29 is 4.74 Å². The quantitative estimate of drug-likeness (QED) is 0.737. The molecule has 0 spiro atoms. The number of likely N-dealkylation sites (N-methyl/N-ethyl adjacent to an activating group) is 1. The van der Waals surface area contributed by atoms with Crippen molar-refractivity contribution in [3.8, 4) is 11.8 Å². The van der Waals surface area contributed by atoms with Gasteiger partial charge in [-0.25, -0.2) is 0 Å². The Hall–Kier alpha value is -1.57. The number of rotatable bonds is 8. The maximum atomic E-state index is 9.06. The van der Waals surface area contributed by atoms with Gasteiger partial charge in [0, 0.05) is 25.7 Å². The molecule has 1 aliphatic carbocycles. The molecule has 4 nitrogen and oxygen atoms in total. The lowest BCUT2D eigenvalue weighted by Gasteiger charge is -2.19. The Balaban J connectivity index is 1.77. The van der Waals surface area contributed by atoms with Gasteiger partial charge in [-0.1, -0.05) is 13.0 Å². The van der Waals surface area contributed by atoms with E-state index in [0.717, 1.165) is 37.8 Å².